The second-order valence-corrected chi connectivity index (χ2v) is 9.67. The number of benzene rings is 1. The molecule has 0 saturated heterocycles. The van der Waals surface area contributed by atoms with Crippen molar-refractivity contribution in [1.29, 1.82) is 0 Å². The van der Waals surface area contributed by atoms with E-state index in [-0.39, 0.29) is 0 Å². The lowest BCUT2D eigenvalue weighted by molar-refractivity contribution is 1.29. The molecule has 0 heterocycles. The normalized spacial score (nSPS) is 19.8. The first-order chi connectivity index (χ1) is 8.08. The molecule has 0 nitrogen and oxygen atoms in total. The highest BCUT2D eigenvalue weighted by molar-refractivity contribution is 6.96. The van der Waals surface area contributed by atoms with E-state index in [1.54, 1.807) is 10.7 Å². The van der Waals surface area contributed by atoms with Crippen molar-refractivity contribution in [3.05, 3.63) is 59.2 Å². The Morgan fingerprint density at radius 1 is 1.00 bits per heavy atom. The summed E-state index contributed by atoms with van der Waals surface area (Å²) < 4.78 is 0. The van der Waals surface area contributed by atoms with Gasteiger partial charge < -0.3 is 0 Å². The third kappa shape index (κ3) is 2.16. The van der Waals surface area contributed by atoms with E-state index >= 15 is 0 Å². The fourth-order valence-electron chi connectivity index (χ4n) is 2.75. The average Bonchev–Trinajstić information content (AvgIpc) is 2.69. The lowest BCUT2D eigenvalue weighted by atomic mass is 10.3. The lowest BCUT2D eigenvalue weighted by Crippen LogP contribution is -2.49. The summed E-state index contributed by atoms with van der Waals surface area (Å²) in [5.74, 6) is 0. The first-order valence-electron chi connectivity index (χ1n) is 6.38. The minimum Gasteiger partial charge on any atom is -0.0728 e. The second kappa shape index (κ2) is 4.65. The maximum atomic E-state index is 2.49. The van der Waals surface area contributed by atoms with Gasteiger partial charge in [0.25, 0.3) is 0 Å². The molecule has 0 aliphatic heterocycles. The molecule has 1 unspecified atom stereocenters. The molecular formula is C16H21Si. The number of hydrogen-bond donors (Lipinski definition) is 0. The van der Waals surface area contributed by atoms with Crippen LogP contribution >= 0.6 is 0 Å². The van der Waals surface area contributed by atoms with Crippen molar-refractivity contribution in [2.75, 3.05) is 0 Å². The smallest absolute Gasteiger partial charge is 0.0728 e. The molecule has 1 aromatic carbocycles. The zero-order valence-corrected chi connectivity index (χ0v) is 12.2. The number of hydrogen-bond acceptors (Lipinski definition) is 0. The van der Waals surface area contributed by atoms with Crippen LogP contribution in [0.1, 0.15) is 20.8 Å². The molecule has 1 aliphatic rings. The standard InChI is InChI=1S/C16H21Si/c1-5-17(4,15-9-7-6-8-10-15)16-12-13(2)11-14(16)3/h6-12H,5H2,1-4H3. The van der Waals surface area contributed by atoms with Crippen LogP contribution in [0.15, 0.2) is 53.6 Å². The van der Waals surface area contributed by atoms with Crippen LogP contribution in [0.4, 0.5) is 0 Å². The van der Waals surface area contributed by atoms with Crippen LogP contribution in [0.25, 0.3) is 0 Å². The summed E-state index contributed by atoms with van der Waals surface area (Å²) >= 11 is 0. The average molecular weight is 241 g/mol. The van der Waals surface area contributed by atoms with Gasteiger partial charge >= 0.3 is 0 Å². The van der Waals surface area contributed by atoms with Crippen molar-refractivity contribution < 1.29 is 0 Å². The van der Waals surface area contributed by atoms with Crippen LogP contribution in [0, 0.1) is 5.54 Å². The molecular weight excluding hydrogens is 220 g/mol. The van der Waals surface area contributed by atoms with Gasteiger partial charge in [0.1, 0.15) is 0 Å². The predicted octanol–water partition coefficient (Wildman–Crippen LogP) is 4.01. The molecule has 0 aromatic heterocycles. The van der Waals surface area contributed by atoms with Crippen LogP contribution in [-0.4, -0.2) is 8.07 Å². The van der Waals surface area contributed by atoms with E-state index in [0.29, 0.717) is 0 Å². The van der Waals surface area contributed by atoms with E-state index in [0.717, 1.165) is 0 Å². The summed E-state index contributed by atoms with van der Waals surface area (Å²) in [6, 6.07) is 12.3. The molecule has 0 fully saturated rings. The Morgan fingerprint density at radius 3 is 2.12 bits per heavy atom. The largest absolute Gasteiger partial charge is 0.0989 e. The Bertz CT molecular complexity index is 456. The van der Waals surface area contributed by atoms with Crippen molar-refractivity contribution in [2.24, 2.45) is 0 Å². The van der Waals surface area contributed by atoms with Crippen molar-refractivity contribution in [1.82, 2.24) is 0 Å². The summed E-state index contributed by atoms with van der Waals surface area (Å²) in [6.07, 6.45) is 4.72. The van der Waals surface area contributed by atoms with E-state index in [1.807, 2.05) is 0 Å². The molecule has 1 aromatic rings. The summed E-state index contributed by atoms with van der Waals surface area (Å²) in [5.41, 5.74) is 4.49. The molecule has 89 valence electrons. The monoisotopic (exact) mass is 241 g/mol. The molecule has 0 bridgehead atoms. The zero-order chi connectivity index (χ0) is 12.5. The van der Waals surface area contributed by atoms with Gasteiger partial charge in [0.05, 0.1) is 8.07 Å². The van der Waals surface area contributed by atoms with Crippen molar-refractivity contribution in [2.45, 2.75) is 33.4 Å². The molecule has 1 aliphatic carbocycles. The highest BCUT2D eigenvalue weighted by atomic mass is 28.3. The molecule has 2 rings (SSSR count). The fourth-order valence-corrected chi connectivity index (χ4v) is 6.27. The Hall–Kier alpha value is -1.08. The van der Waals surface area contributed by atoms with Crippen molar-refractivity contribution in [3.8, 4) is 0 Å². The number of rotatable bonds is 3. The van der Waals surface area contributed by atoms with Crippen LogP contribution in [-0.2, 0) is 0 Å². The summed E-state index contributed by atoms with van der Waals surface area (Å²) in [7, 11) is -1.50. The third-order valence-electron chi connectivity index (χ3n) is 3.95. The zero-order valence-electron chi connectivity index (χ0n) is 11.2. The second-order valence-electron chi connectivity index (χ2n) is 5.18. The Balaban J connectivity index is 2.43. The van der Waals surface area contributed by atoms with Crippen LogP contribution < -0.4 is 5.19 Å². The van der Waals surface area contributed by atoms with Gasteiger partial charge in [0.2, 0.25) is 0 Å². The van der Waals surface area contributed by atoms with E-state index in [9.17, 15) is 0 Å². The summed E-state index contributed by atoms with van der Waals surface area (Å²) in [6.45, 7) is 9.28. The number of allylic oxidation sites excluding steroid dienone is 4. The van der Waals surface area contributed by atoms with Gasteiger partial charge in [-0.15, -0.1) is 0 Å². The molecule has 1 heteroatoms. The van der Waals surface area contributed by atoms with E-state index in [4.69, 9.17) is 0 Å². The van der Waals surface area contributed by atoms with Crippen molar-refractivity contribution in [3.63, 3.8) is 0 Å². The molecule has 0 spiro atoms. The SMILES string of the molecule is CC[Si](C)([C]1C=C(C)C=C1C)c1ccccc1. The third-order valence-corrected chi connectivity index (χ3v) is 8.70. The molecule has 0 N–H and O–H groups in total. The minimum atomic E-state index is -1.50. The van der Waals surface area contributed by atoms with Gasteiger partial charge in [-0.2, -0.15) is 0 Å². The quantitative estimate of drug-likeness (QED) is 0.701. The van der Waals surface area contributed by atoms with Gasteiger partial charge in [-0.3, -0.25) is 0 Å². The van der Waals surface area contributed by atoms with Gasteiger partial charge in [0, 0.05) is 5.54 Å². The topological polar surface area (TPSA) is 0 Å². The molecule has 1 atom stereocenters. The minimum absolute atomic E-state index is 1.27. The Morgan fingerprint density at radius 2 is 1.65 bits per heavy atom. The first kappa shape index (κ1) is 12.4. The Kier molecular flexibility index (Phi) is 3.39. The van der Waals surface area contributed by atoms with Crippen LogP contribution in [0.5, 0.6) is 0 Å². The maximum absolute atomic E-state index is 2.49. The van der Waals surface area contributed by atoms with E-state index < -0.39 is 8.07 Å². The van der Waals surface area contributed by atoms with Gasteiger partial charge in [-0.05, 0) is 13.8 Å². The van der Waals surface area contributed by atoms with Crippen molar-refractivity contribution >= 4 is 13.3 Å². The Labute approximate surface area is 106 Å². The molecule has 0 amide bonds. The van der Waals surface area contributed by atoms with Gasteiger partial charge in [-0.1, -0.05) is 78.3 Å². The summed E-state index contributed by atoms with van der Waals surface area (Å²) in [5, 5.41) is 1.55. The van der Waals surface area contributed by atoms with E-state index in [1.165, 1.54) is 17.2 Å². The van der Waals surface area contributed by atoms with Crippen LogP contribution in [0.2, 0.25) is 12.6 Å². The first-order valence-corrected chi connectivity index (χ1v) is 9.08. The maximum Gasteiger partial charge on any atom is 0.0989 e. The highest BCUT2D eigenvalue weighted by Crippen LogP contribution is 2.35. The summed E-state index contributed by atoms with van der Waals surface area (Å²) in [4.78, 5) is 0. The van der Waals surface area contributed by atoms with Gasteiger partial charge in [0.15, 0.2) is 0 Å². The molecule has 17 heavy (non-hydrogen) atoms. The highest BCUT2D eigenvalue weighted by Gasteiger charge is 2.38. The molecule has 0 saturated carbocycles. The fraction of sp³-hybridized carbons (Fsp3) is 0.312. The predicted molar refractivity (Wildman–Crippen MR) is 78.9 cm³/mol. The van der Waals surface area contributed by atoms with E-state index in [2.05, 4.69) is 69.8 Å². The lowest BCUT2D eigenvalue weighted by Gasteiger charge is -2.32. The van der Waals surface area contributed by atoms with Crippen LogP contribution in [0.3, 0.4) is 0 Å². The van der Waals surface area contributed by atoms with Gasteiger partial charge in [-0.25, -0.2) is 0 Å². The molecule has 1 radical (unpaired) electrons.